The first kappa shape index (κ1) is 12.3. The molecule has 0 radical (unpaired) electrons. The van der Waals surface area contributed by atoms with E-state index in [0.29, 0.717) is 0 Å². The summed E-state index contributed by atoms with van der Waals surface area (Å²) in [5.74, 6) is 0.777. The summed E-state index contributed by atoms with van der Waals surface area (Å²) >= 11 is 0. The molecule has 1 aromatic carbocycles. The van der Waals surface area contributed by atoms with Gasteiger partial charge in [0.25, 0.3) is 0 Å². The molecule has 0 saturated carbocycles. The summed E-state index contributed by atoms with van der Waals surface area (Å²) in [6, 6.07) is 6.96. The second-order valence-electron chi connectivity index (χ2n) is 4.62. The molecule has 0 aliphatic carbocycles. The van der Waals surface area contributed by atoms with Crippen molar-refractivity contribution >= 4 is 0 Å². The monoisotopic (exact) mass is 204 g/mol. The Kier molecular flexibility index (Phi) is 4.87. The van der Waals surface area contributed by atoms with Gasteiger partial charge in [0.15, 0.2) is 0 Å². The van der Waals surface area contributed by atoms with E-state index in [1.165, 1.54) is 36.8 Å². The molecule has 0 aliphatic heterocycles. The quantitative estimate of drug-likeness (QED) is 0.634. The van der Waals surface area contributed by atoms with Crippen molar-refractivity contribution in [2.45, 2.75) is 59.3 Å². The first-order valence-corrected chi connectivity index (χ1v) is 6.26. The lowest BCUT2D eigenvalue weighted by molar-refractivity contribution is 0.560. The van der Waals surface area contributed by atoms with Gasteiger partial charge in [-0.1, -0.05) is 44.9 Å². The molecular formula is C15H24. The molecular weight excluding hydrogens is 180 g/mol. The summed E-state index contributed by atoms with van der Waals surface area (Å²) in [6.07, 6.45) is 5.24. The molecule has 0 aliphatic rings. The third-order valence-corrected chi connectivity index (χ3v) is 3.28. The Labute approximate surface area is 94.7 Å². The normalized spacial score (nSPS) is 11.0. The fourth-order valence-corrected chi connectivity index (χ4v) is 2.19. The minimum atomic E-state index is 0.777. The minimum Gasteiger partial charge on any atom is -0.0654 e. The van der Waals surface area contributed by atoms with Gasteiger partial charge < -0.3 is 0 Å². The lowest BCUT2D eigenvalue weighted by Crippen LogP contribution is -1.99. The first-order valence-electron chi connectivity index (χ1n) is 6.26. The van der Waals surface area contributed by atoms with Crippen LogP contribution in [0.15, 0.2) is 18.2 Å². The summed E-state index contributed by atoms with van der Waals surface area (Å²) in [7, 11) is 0. The van der Waals surface area contributed by atoms with Gasteiger partial charge in [0.05, 0.1) is 0 Å². The van der Waals surface area contributed by atoms with Crippen molar-refractivity contribution in [2.24, 2.45) is 0 Å². The molecule has 1 rings (SSSR count). The smallest absolute Gasteiger partial charge is 0.0162 e. The fourth-order valence-electron chi connectivity index (χ4n) is 2.19. The van der Waals surface area contributed by atoms with Crippen LogP contribution in [0.3, 0.4) is 0 Å². The maximum Gasteiger partial charge on any atom is -0.0162 e. The summed E-state index contributed by atoms with van der Waals surface area (Å²) in [4.78, 5) is 0. The van der Waals surface area contributed by atoms with E-state index in [1.807, 2.05) is 0 Å². The van der Waals surface area contributed by atoms with Gasteiger partial charge in [0.1, 0.15) is 0 Å². The van der Waals surface area contributed by atoms with Gasteiger partial charge in [-0.15, -0.1) is 0 Å². The predicted molar refractivity (Wildman–Crippen MR) is 68.5 cm³/mol. The molecule has 0 heteroatoms. The second kappa shape index (κ2) is 5.95. The van der Waals surface area contributed by atoms with Gasteiger partial charge in [-0.25, -0.2) is 0 Å². The van der Waals surface area contributed by atoms with Crippen LogP contribution in [-0.4, -0.2) is 0 Å². The molecule has 0 heterocycles. The predicted octanol–water partition coefficient (Wildman–Crippen LogP) is 4.99. The van der Waals surface area contributed by atoms with Crippen molar-refractivity contribution in [3.05, 3.63) is 34.9 Å². The van der Waals surface area contributed by atoms with Crippen LogP contribution in [0.5, 0.6) is 0 Å². The molecule has 84 valence electrons. The van der Waals surface area contributed by atoms with Crippen molar-refractivity contribution in [1.82, 2.24) is 0 Å². The molecule has 0 aromatic heterocycles. The van der Waals surface area contributed by atoms with Crippen LogP contribution in [0.25, 0.3) is 0 Å². The largest absolute Gasteiger partial charge is 0.0654 e. The van der Waals surface area contributed by atoms with E-state index in [0.717, 1.165) is 5.92 Å². The van der Waals surface area contributed by atoms with Crippen LogP contribution < -0.4 is 0 Å². The van der Waals surface area contributed by atoms with E-state index in [1.54, 1.807) is 5.56 Å². The Hall–Kier alpha value is -0.780. The Balaban J connectivity index is 2.85. The molecule has 0 N–H and O–H groups in total. The Morgan fingerprint density at radius 3 is 2.00 bits per heavy atom. The van der Waals surface area contributed by atoms with Gasteiger partial charge in [-0.3, -0.25) is 0 Å². The van der Waals surface area contributed by atoms with Gasteiger partial charge >= 0.3 is 0 Å². The number of hydrogen-bond acceptors (Lipinski definition) is 0. The van der Waals surface area contributed by atoms with Crippen LogP contribution in [0.4, 0.5) is 0 Å². The molecule has 15 heavy (non-hydrogen) atoms. The van der Waals surface area contributed by atoms with Gasteiger partial charge in [-0.05, 0) is 49.3 Å². The van der Waals surface area contributed by atoms with Crippen molar-refractivity contribution in [3.8, 4) is 0 Å². The molecule has 1 aromatic rings. The second-order valence-corrected chi connectivity index (χ2v) is 4.62. The number of aryl methyl sites for hydroxylation is 2. The Bertz CT molecular complexity index is 293. The van der Waals surface area contributed by atoms with Crippen LogP contribution in [-0.2, 0) is 0 Å². The SMILES string of the molecule is CCCC(CCC)c1ccc(C)c(C)c1. The third-order valence-electron chi connectivity index (χ3n) is 3.28. The highest BCUT2D eigenvalue weighted by molar-refractivity contribution is 5.31. The standard InChI is InChI=1S/C15H24/c1-5-7-14(8-6-2)15-10-9-12(3)13(4)11-15/h9-11,14H,5-8H2,1-4H3. The summed E-state index contributed by atoms with van der Waals surface area (Å²) < 4.78 is 0. The van der Waals surface area contributed by atoms with Gasteiger partial charge in [0.2, 0.25) is 0 Å². The maximum absolute atomic E-state index is 2.38. The highest BCUT2D eigenvalue weighted by Gasteiger charge is 2.09. The van der Waals surface area contributed by atoms with Crippen LogP contribution in [0.2, 0.25) is 0 Å². The first-order chi connectivity index (χ1) is 7.19. The summed E-state index contributed by atoms with van der Waals surface area (Å²) in [5, 5.41) is 0. The average molecular weight is 204 g/mol. The van der Waals surface area contributed by atoms with E-state index in [9.17, 15) is 0 Å². The molecule has 0 nitrogen and oxygen atoms in total. The van der Waals surface area contributed by atoms with Crippen molar-refractivity contribution in [1.29, 1.82) is 0 Å². The summed E-state index contributed by atoms with van der Waals surface area (Å²) in [6.45, 7) is 8.97. The van der Waals surface area contributed by atoms with E-state index in [-0.39, 0.29) is 0 Å². The van der Waals surface area contributed by atoms with Gasteiger partial charge in [-0.2, -0.15) is 0 Å². The lowest BCUT2D eigenvalue weighted by atomic mass is 9.89. The molecule has 0 bridgehead atoms. The zero-order chi connectivity index (χ0) is 11.3. The van der Waals surface area contributed by atoms with E-state index >= 15 is 0 Å². The van der Waals surface area contributed by atoms with Crippen LogP contribution >= 0.6 is 0 Å². The number of rotatable bonds is 5. The highest BCUT2D eigenvalue weighted by Crippen LogP contribution is 2.27. The molecule has 0 saturated heterocycles. The maximum atomic E-state index is 2.38. The zero-order valence-corrected chi connectivity index (χ0v) is 10.6. The van der Waals surface area contributed by atoms with Crippen LogP contribution in [0.1, 0.15) is 62.1 Å². The molecule has 0 atom stereocenters. The van der Waals surface area contributed by atoms with Gasteiger partial charge in [0, 0.05) is 0 Å². The molecule has 0 fully saturated rings. The van der Waals surface area contributed by atoms with E-state index in [4.69, 9.17) is 0 Å². The van der Waals surface area contributed by atoms with Crippen LogP contribution in [0, 0.1) is 13.8 Å². The fraction of sp³-hybridized carbons (Fsp3) is 0.600. The van der Waals surface area contributed by atoms with Crippen molar-refractivity contribution in [2.75, 3.05) is 0 Å². The molecule has 0 amide bonds. The van der Waals surface area contributed by atoms with Crippen molar-refractivity contribution in [3.63, 3.8) is 0 Å². The topological polar surface area (TPSA) is 0 Å². The molecule has 0 unspecified atom stereocenters. The molecule has 0 spiro atoms. The lowest BCUT2D eigenvalue weighted by Gasteiger charge is -2.17. The third kappa shape index (κ3) is 3.37. The zero-order valence-electron chi connectivity index (χ0n) is 10.6. The highest BCUT2D eigenvalue weighted by atomic mass is 14.1. The van der Waals surface area contributed by atoms with E-state index < -0.39 is 0 Å². The summed E-state index contributed by atoms with van der Waals surface area (Å²) in [5.41, 5.74) is 4.39. The Morgan fingerprint density at radius 2 is 1.53 bits per heavy atom. The number of benzene rings is 1. The number of hydrogen-bond donors (Lipinski definition) is 0. The van der Waals surface area contributed by atoms with E-state index in [2.05, 4.69) is 45.9 Å². The minimum absolute atomic E-state index is 0.777. The Morgan fingerprint density at radius 1 is 0.933 bits per heavy atom. The van der Waals surface area contributed by atoms with Crippen molar-refractivity contribution < 1.29 is 0 Å². The average Bonchev–Trinajstić information content (AvgIpc) is 2.22.